The fraction of sp³-hybridized carbons (Fsp3) is 0.243. The number of hydrogen-bond donors (Lipinski definition) is 2. The highest BCUT2D eigenvalue weighted by Gasteiger charge is 2.21. The first-order valence-electron chi connectivity index (χ1n) is 15.1. The molecule has 0 saturated heterocycles. The van der Waals surface area contributed by atoms with Crippen molar-refractivity contribution in [2.75, 3.05) is 20.1 Å². The van der Waals surface area contributed by atoms with Crippen LogP contribution in [0.25, 0.3) is 10.9 Å². The molecule has 0 radical (unpaired) electrons. The largest absolute Gasteiger partial charge is 0.494 e. The van der Waals surface area contributed by atoms with Crippen molar-refractivity contribution in [1.82, 2.24) is 14.8 Å². The average molecular weight is 573 g/mol. The molecule has 0 fully saturated rings. The number of aromatic hydroxyl groups is 1. The third-order valence-electron chi connectivity index (χ3n) is 7.51. The highest BCUT2D eigenvalue weighted by molar-refractivity contribution is 6.22. The molecule has 0 unspecified atom stereocenters. The topological polar surface area (TPSA) is 71.9 Å². The Kier molecular flexibility index (Phi) is 9.70. The summed E-state index contributed by atoms with van der Waals surface area (Å²) in [7, 11) is 2.12. The van der Waals surface area contributed by atoms with Crippen molar-refractivity contribution in [3.8, 4) is 5.88 Å². The summed E-state index contributed by atoms with van der Waals surface area (Å²) in [6.07, 6.45) is 1.80. The van der Waals surface area contributed by atoms with Gasteiger partial charge in [0.2, 0.25) is 0 Å². The third kappa shape index (κ3) is 7.22. The van der Waals surface area contributed by atoms with Crippen molar-refractivity contribution in [3.05, 3.63) is 131 Å². The molecule has 1 heterocycles. The van der Waals surface area contributed by atoms with Crippen LogP contribution in [0.1, 0.15) is 59.3 Å². The van der Waals surface area contributed by atoms with Gasteiger partial charge in [-0.1, -0.05) is 86.6 Å². The molecule has 5 rings (SSSR count). The summed E-state index contributed by atoms with van der Waals surface area (Å²) in [4.78, 5) is 25.8. The van der Waals surface area contributed by atoms with E-state index in [-0.39, 0.29) is 11.8 Å². The van der Waals surface area contributed by atoms with Gasteiger partial charge in [0.05, 0.1) is 17.0 Å². The quantitative estimate of drug-likeness (QED) is 0.149. The molecular weight excluding hydrogens is 532 g/mol. The van der Waals surface area contributed by atoms with E-state index in [1.807, 2.05) is 71.6 Å². The molecule has 2 N–H and O–H groups in total. The summed E-state index contributed by atoms with van der Waals surface area (Å²) in [6, 6.07) is 34.1. The van der Waals surface area contributed by atoms with Crippen LogP contribution in [-0.2, 0) is 13.1 Å². The number of carbonyl (C=O) groups excluding carboxylic acids is 1. The third-order valence-corrected chi connectivity index (χ3v) is 7.51. The fourth-order valence-corrected chi connectivity index (χ4v) is 5.52. The van der Waals surface area contributed by atoms with E-state index in [1.165, 1.54) is 11.1 Å². The number of carbonyl (C=O) groups is 1. The number of aromatic nitrogens is 1. The monoisotopic (exact) mass is 572 g/mol. The number of aliphatic imine (C=N–C) groups is 1. The number of benzene rings is 4. The Morgan fingerprint density at radius 3 is 2.00 bits per heavy atom. The van der Waals surface area contributed by atoms with Crippen LogP contribution in [0.5, 0.6) is 5.88 Å². The van der Waals surface area contributed by atoms with Crippen molar-refractivity contribution in [3.63, 3.8) is 0 Å². The Balaban J connectivity index is 1.49. The van der Waals surface area contributed by atoms with E-state index in [0.717, 1.165) is 48.1 Å². The van der Waals surface area contributed by atoms with E-state index >= 15 is 0 Å². The van der Waals surface area contributed by atoms with Gasteiger partial charge in [0.1, 0.15) is 0 Å². The molecule has 0 spiro atoms. The van der Waals surface area contributed by atoms with Crippen molar-refractivity contribution < 1.29 is 9.90 Å². The molecule has 0 saturated carbocycles. The molecule has 5 aromatic rings. The van der Waals surface area contributed by atoms with E-state index in [2.05, 4.69) is 67.2 Å². The molecule has 6 nitrogen and oxygen atoms in total. The minimum atomic E-state index is 0.00302. The lowest BCUT2D eigenvalue weighted by atomic mass is 9.99. The number of nitrogens with zero attached hydrogens (tertiary/aromatic N) is 3. The molecule has 43 heavy (non-hydrogen) atoms. The summed E-state index contributed by atoms with van der Waals surface area (Å²) in [5.74, 6) is 0.0311. The lowest BCUT2D eigenvalue weighted by Crippen LogP contribution is -2.32. The molecule has 0 aliphatic carbocycles. The Labute approximate surface area is 254 Å². The Bertz CT molecular complexity index is 1670. The molecule has 0 aliphatic heterocycles. The van der Waals surface area contributed by atoms with E-state index in [4.69, 9.17) is 4.99 Å². The number of hydrogen-bond acceptors (Lipinski definition) is 4. The van der Waals surface area contributed by atoms with Gasteiger partial charge in [-0.2, -0.15) is 0 Å². The molecule has 1 aromatic heterocycles. The number of H-pyrrole nitrogens is 1. The zero-order chi connectivity index (χ0) is 30.2. The zero-order valence-electron chi connectivity index (χ0n) is 25.3. The predicted molar refractivity (Wildman–Crippen MR) is 176 cm³/mol. The van der Waals surface area contributed by atoms with Gasteiger partial charge < -0.3 is 15.0 Å². The van der Waals surface area contributed by atoms with E-state index < -0.39 is 0 Å². The van der Waals surface area contributed by atoms with Crippen LogP contribution in [0.15, 0.2) is 108 Å². The molecule has 6 heteroatoms. The van der Waals surface area contributed by atoms with Crippen LogP contribution in [0.3, 0.4) is 0 Å². The molecule has 1 amide bonds. The maximum Gasteiger partial charge on any atom is 0.253 e. The van der Waals surface area contributed by atoms with Crippen molar-refractivity contribution in [2.24, 2.45) is 4.99 Å². The predicted octanol–water partition coefficient (Wildman–Crippen LogP) is 7.94. The highest BCUT2D eigenvalue weighted by atomic mass is 16.3. The van der Waals surface area contributed by atoms with Crippen LogP contribution in [0.4, 0.5) is 5.69 Å². The molecule has 0 atom stereocenters. The number of amides is 1. The van der Waals surface area contributed by atoms with Crippen LogP contribution in [-0.4, -0.2) is 51.6 Å². The van der Waals surface area contributed by atoms with Crippen LogP contribution in [0.2, 0.25) is 0 Å². The van der Waals surface area contributed by atoms with Crippen LogP contribution >= 0.6 is 0 Å². The molecule has 0 bridgehead atoms. The minimum Gasteiger partial charge on any atom is -0.494 e. The number of aromatic amines is 1. The number of nitrogens with one attached hydrogen (secondary N) is 1. The maximum absolute atomic E-state index is 13.4. The molecule has 0 aliphatic rings. The normalized spacial score (nSPS) is 11.8. The van der Waals surface area contributed by atoms with Gasteiger partial charge in [-0.25, -0.2) is 4.99 Å². The highest BCUT2D eigenvalue weighted by Crippen LogP contribution is 2.32. The van der Waals surface area contributed by atoms with Crippen LogP contribution in [0, 0.1) is 0 Å². The lowest BCUT2D eigenvalue weighted by Gasteiger charge is -2.21. The van der Waals surface area contributed by atoms with Gasteiger partial charge in [0.25, 0.3) is 5.91 Å². The van der Waals surface area contributed by atoms with Gasteiger partial charge in [-0.15, -0.1) is 0 Å². The molecule has 4 aromatic carbocycles. The smallest absolute Gasteiger partial charge is 0.253 e. The second-order valence-corrected chi connectivity index (χ2v) is 11.1. The Hall–Kier alpha value is -4.68. The molecule has 220 valence electrons. The van der Waals surface area contributed by atoms with Crippen LogP contribution < -0.4 is 0 Å². The molecular formula is C37H40N4O2. The second kappa shape index (κ2) is 14.0. The Morgan fingerprint density at radius 1 is 0.767 bits per heavy atom. The first-order chi connectivity index (χ1) is 21.0. The standard InChI is InChI=1S/C37H40N4O2/c1-4-22-41(23-5-2)37(43)30-18-21-33-32(24-30)34(36(42)39-33)35(29-14-10-7-11-15-29)38-31-19-16-28(17-20-31)26-40(3)25-27-12-8-6-9-13-27/h6-21,24,39,42H,4-5,22-23,25-26H2,1-3H3. The number of rotatable bonds is 12. The van der Waals surface area contributed by atoms with Crippen molar-refractivity contribution >= 4 is 28.2 Å². The van der Waals surface area contributed by atoms with Crippen molar-refractivity contribution in [2.45, 2.75) is 39.8 Å². The summed E-state index contributed by atoms with van der Waals surface area (Å²) >= 11 is 0. The van der Waals surface area contributed by atoms with E-state index in [0.29, 0.717) is 29.9 Å². The Morgan fingerprint density at radius 2 is 1.37 bits per heavy atom. The van der Waals surface area contributed by atoms with E-state index in [1.54, 1.807) is 0 Å². The van der Waals surface area contributed by atoms with Gasteiger partial charge in [-0.3, -0.25) is 9.69 Å². The first-order valence-corrected chi connectivity index (χ1v) is 15.1. The van der Waals surface area contributed by atoms with Gasteiger partial charge >= 0.3 is 0 Å². The maximum atomic E-state index is 13.4. The lowest BCUT2D eigenvalue weighted by molar-refractivity contribution is 0.0755. The summed E-state index contributed by atoms with van der Waals surface area (Å²) in [6.45, 7) is 7.28. The summed E-state index contributed by atoms with van der Waals surface area (Å²) in [5, 5.41) is 11.9. The van der Waals surface area contributed by atoms with Crippen molar-refractivity contribution in [1.29, 1.82) is 0 Å². The van der Waals surface area contributed by atoms with Gasteiger partial charge in [-0.05, 0) is 61.3 Å². The first kappa shape index (κ1) is 29.8. The summed E-state index contributed by atoms with van der Waals surface area (Å²) < 4.78 is 0. The second-order valence-electron chi connectivity index (χ2n) is 11.1. The minimum absolute atomic E-state index is 0.00302. The number of fused-ring (bicyclic) bond motifs is 1. The fourth-order valence-electron chi connectivity index (χ4n) is 5.52. The van der Waals surface area contributed by atoms with Gasteiger partial charge in [0.15, 0.2) is 5.88 Å². The average Bonchev–Trinajstić information content (AvgIpc) is 3.35. The van der Waals surface area contributed by atoms with Gasteiger partial charge in [0, 0.05) is 48.2 Å². The summed E-state index contributed by atoms with van der Waals surface area (Å²) in [5.41, 5.74) is 6.72. The van der Waals surface area contributed by atoms with E-state index in [9.17, 15) is 9.90 Å². The zero-order valence-corrected chi connectivity index (χ0v) is 25.3. The SMILES string of the molecule is CCCN(CCC)C(=O)c1ccc2[nH]c(O)c(C(=Nc3ccc(CN(C)Cc4ccccc4)cc3)c3ccccc3)c2c1.